The van der Waals surface area contributed by atoms with Crippen molar-refractivity contribution in [2.24, 2.45) is 11.7 Å². The van der Waals surface area contributed by atoms with Crippen LogP contribution in [0, 0.1) is 5.92 Å². The molecule has 0 radical (unpaired) electrons. The van der Waals surface area contributed by atoms with Crippen molar-refractivity contribution < 1.29 is 9.59 Å². The predicted molar refractivity (Wildman–Crippen MR) is 90.8 cm³/mol. The molecule has 0 aliphatic carbocycles. The lowest BCUT2D eigenvalue weighted by molar-refractivity contribution is -0.136. The second-order valence-corrected chi connectivity index (χ2v) is 6.29. The van der Waals surface area contributed by atoms with Crippen molar-refractivity contribution >= 4 is 36.0 Å². The van der Waals surface area contributed by atoms with Gasteiger partial charge in [0.05, 0.1) is 12.0 Å². The Bertz CT molecular complexity index is 331. The SMILES string of the molecule is CCCNC(=O)C1CCCN(C(=O)[C@@H](N)CCSC)C1.Cl. The van der Waals surface area contributed by atoms with Crippen molar-refractivity contribution in [1.29, 1.82) is 0 Å². The third-order valence-corrected chi connectivity index (χ3v) is 4.25. The highest BCUT2D eigenvalue weighted by molar-refractivity contribution is 7.98. The van der Waals surface area contributed by atoms with Gasteiger partial charge in [-0.1, -0.05) is 6.92 Å². The number of rotatable bonds is 7. The number of amides is 2. The first-order valence-electron chi connectivity index (χ1n) is 7.41. The maximum atomic E-state index is 12.2. The lowest BCUT2D eigenvalue weighted by atomic mass is 9.96. The van der Waals surface area contributed by atoms with Gasteiger partial charge in [-0.25, -0.2) is 0 Å². The highest BCUT2D eigenvalue weighted by Crippen LogP contribution is 2.18. The summed E-state index contributed by atoms with van der Waals surface area (Å²) < 4.78 is 0. The summed E-state index contributed by atoms with van der Waals surface area (Å²) >= 11 is 1.69. The summed E-state index contributed by atoms with van der Waals surface area (Å²) in [5, 5.41) is 2.91. The summed E-state index contributed by atoms with van der Waals surface area (Å²) in [6.45, 7) is 3.98. The maximum Gasteiger partial charge on any atom is 0.239 e. The largest absolute Gasteiger partial charge is 0.356 e. The molecule has 0 aromatic rings. The molecular formula is C14H28ClN3O2S. The summed E-state index contributed by atoms with van der Waals surface area (Å²) in [7, 11) is 0. The van der Waals surface area contributed by atoms with Gasteiger partial charge in [0.15, 0.2) is 0 Å². The lowest BCUT2D eigenvalue weighted by Crippen LogP contribution is -2.50. The molecule has 2 atom stereocenters. The van der Waals surface area contributed by atoms with Gasteiger partial charge in [0, 0.05) is 19.6 Å². The van der Waals surface area contributed by atoms with E-state index in [1.165, 1.54) is 0 Å². The van der Waals surface area contributed by atoms with Crippen molar-refractivity contribution in [2.45, 2.75) is 38.6 Å². The van der Waals surface area contributed by atoms with E-state index in [9.17, 15) is 9.59 Å². The smallest absolute Gasteiger partial charge is 0.239 e. The van der Waals surface area contributed by atoms with Crippen molar-refractivity contribution in [2.75, 3.05) is 31.6 Å². The molecule has 1 rings (SSSR count). The van der Waals surface area contributed by atoms with E-state index in [0.717, 1.165) is 31.6 Å². The van der Waals surface area contributed by atoms with E-state index in [0.29, 0.717) is 19.5 Å². The van der Waals surface area contributed by atoms with E-state index in [4.69, 9.17) is 5.73 Å². The Hall–Kier alpha value is -0.460. The minimum Gasteiger partial charge on any atom is -0.356 e. The molecule has 0 aromatic carbocycles. The molecule has 1 saturated heterocycles. The summed E-state index contributed by atoms with van der Waals surface area (Å²) in [4.78, 5) is 26.0. The Morgan fingerprint density at radius 1 is 1.48 bits per heavy atom. The van der Waals surface area contributed by atoms with E-state index < -0.39 is 6.04 Å². The molecule has 1 heterocycles. The first-order chi connectivity index (χ1) is 9.60. The molecule has 1 fully saturated rings. The van der Waals surface area contributed by atoms with Gasteiger partial charge in [-0.3, -0.25) is 9.59 Å². The van der Waals surface area contributed by atoms with Crippen LogP contribution in [-0.2, 0) is 9.59 Å². The number of hydrogen-bond acceptors (Lipinski definition) is 4. The molecule has 5 nitrogen and oxygen atoms in total. The summed E-state index contributed by atoms with van der Waals surface area (Å²) in [5.74, 6) is 0.877. The number of nitrogens with zero attached hydrogens (tertiary/aromatic N) is 1. The number of halogens is 1. The lowest BCUT2D eigenvalue weighted by Gasteiger charge is -2.33. The van der Waals surface area contributed by atoms with Crippen LogP contribution >= 0.6 is 24.2 Å². The number of carbonyl (C=O) groups excluding carboxylic acids is 2. The zero-order valence-corrected chi connectivity index (χ0v) is 14.6. The highest BCUT2D eigenvalue weighted by atomic mass is 35.5. The van der Waals surface area contributed by atoms with Gasteiger partial charge in [0.2, 0.25) is 11.8 Å². The normalized spacial score (nSPS) is 19.6. The van der Waals surface area contributed by atoms with Crippen LogP contribution in [0.2, 0.25) is 0 Å². The van der Waals surface area contributed by atoms with Gasteiger partial charge in [-0.2, -0.15) is 11.8 Å². The molecule has 124 valence electrons. The zero-order valence-electron chi connectivity index (χ0n) is 13.0. The van der Waals surface area contributed by atoms with Gasteiger partial charge in [0.1, 0.15) is 0 Å². The number of likely N-dealkylation sites (tertiary alicyclic amines) is 1. The van der Waals surface area contributed by atoms with Crippen LogP contribution in [0.5, 0.6) is 0 Å². The number of piperidine rings is 1. The molecule has 0 aromatic heterocycles. The Morgan fingerprint density at radius 2 is 2.19 bits per heavy atom. The van der Waals surface area contributed by atoms with E-state index in [1.54, 1.807) is 16.7 Å². The number of carbonyl (C=O) groups is 2. The first-order valence-corrected chi connectivity index (χ1v) is 8.80. The fourth-order valence-electron chi connectivity index (χ4n) is 2.39. The van der Waals surface area contributed by atoms with Crippen molar-refractivity contribution in [3.05, 3.63) is 0 Å². The molecule has 2 amide bonds. The van der Waals surface area contributed by atoms with Crippen LogP contribution < -0.4 is 11.1 Å². The topological polar surface area (TPSA) is 75.4 Å². The number of nitrogens with one attached hydrogen (secondary N) is 1. The van der Waals surface area contributed by atoms with Crippen molar-refractivity contribution in [1.82, 2.24) is 10.2 Å². The molecule has 1 aliphatic heterocycles. The maximum absolute atomic E-state index is 12.2. The Balaban J connectivity index is 0.00000400. The number of nitrogens with two attached hydrogens (primary N) is 1. The monoisotopic (exact) mass is 337 g/mol. The van der Waals surface area contributed by atoms with Crippen molar-refractivity contribution in [3.8, 4) is 0 Å². The third kappa shape index (κ3) is 6.89. The molecule has 0 spiro atoms. The average molecular weight is 338 g/mol. The van der Waals surface area contributed by atoms with E-state index in [2.05, 4.69) is 5.32 Å². The van der Waals surface area contributed by atoms with Gasteiger partial charge < -0.3 is 16.0 Å². The third-order valence-electron chi connectivity index (χ3n) is 3.60. The molecule has 0 bridgehead atoms. The van der Waals surface area contributed by atoms with E-state index >= 15 is 0 Å². The van der Waals surface area contributed by atoms with Crippen LogP contribution in [0.15, 0.2) is 0 Å². The second-order valence-electron chi connectivity index (χ2n) is 5.30. The fourth-order valence-corrected chi connectivity index (χ4v) is 2.88. The summed E-state index contributed by atoms with van der Waals surface area (Å²) in [5.41, 5.74) is 5.93. The molecule has 7 heteroatoms. The van der Waals surface area contributed by atoms with Gasteiger partial charge >= 0.3 is 0 Å². The molecule has 0 saturated carbocycles. The molecule has 21 heavy (non-hydrogen) atoms. The predicted octanol–water partition coefficient (Wildman–Crippen LogP) is 1.25. The minimum atomic E-state index is -0.431. The Labute approximate surface area is 138 Å². The zero-order chi connectivity index (χ0) is 15.0. The van der Waals surface area contributed by atoms with Crippen LogP contribution in [0.1, 0.15) is 32.6 Å². The summed E-state index contributed by atoms with van der Waals surface area (Å²) in [6.07, 6.45) is 5.38. The Kier molecular flexibility index (Phi) is 10.9. The van der Waals surface area contributed by atoms with Crippen molar-refractivity contribution in [3.63, 3.8) is 0 Å². The van der Waals surface area contributed by atoms with Gasteiger partial charge in [0.25, 0.3) is 0 Å². The quantitative estimate of drug-likeness (QED) is 0.733. The van der Waals surface area contributed by atoms with Crippen LogP contribution in [0.4, 0.5) is 0 Å². The van der Waals surface area contributed by atoms with Crippen LogP contribution in [-0.4, -0.2) is 54.4 Å². The van der Waals surface area contributed by atoms with E-state index in [1.807, 2.05) is 13.2 Å². The summed E-state index contributed by atoms with van der Waals surface area (Å²) in [6, 6.07) is -0.431. The highest BCUT2D eigenvalue weighted by Gasteiger charge is 2.30. The van der Waals surface area contributed by atoms with Gasteiger partial charge in [-0.05, 0) is 37.7 Å². The standard InChI is InChI=1S/C14H27N3O2S.ClH/c1-3-7-16-13(18)11-5-4-8-17(10-11)14(19)12(15)6-9-20-2;/h11-12H,3-10,15H2,1-2H3,(H,16,18);1H/t11?,12-;/m0./s1. The minimum absolute atomic E-state index is 0. The fraction of sp³-hybridized carbons (Fsp3) is 0.857. The van der Waals surface area contributed by atoms with Gasteiger partial charge in [-0.15, -0.1) is 12.4 Å². The van der Waals surface area contributed by atoms with E-state index in [-0.39, 0.29) is 30.1 Å². The first kappa shape index (κ1) is 20.5. The van der Waals surface area contributed by atoms with Crippen LogP contribution in [0.25, 0.3) is 0 Å². The van der Waals surface area contributed by atoms with Crippen LogP contribution in [0.3, 0.4) is 0 Å². The number of hydrogen-bond donors (Lipinski definition) is 2. The Morgan fingerprint density at radius 3 is 2.81 bits per heavy atom. The molecular weight excluding hydrogens is 310 g/mol. The number of thioether (sulfide) groups is 1. The molecule has 1 aliphatic rings. The second kappa shape index (κ2) is 11.2. The average Bonchev–Trinajstić information content (AvgIpc) is 2.49. The molecule has 1 unspecified atom stereocenters. The molecule has 3 N–H and O–H groups in total.